The Morgan fingerprint density at radius 2 is 1.79 bits per heavy atom. The molecule has 2 aromatic heterocycles. The van der Waals surface area contributed by atoms with Gasteiger partial charge in [-0.25, -0.2) is 0 Å². The Kier molecular flexibility index (Phi) is 5.32. The van der Waals surface area contributed by atoms with Crippen molar-refractivity contribution in [3.63, 3.8) is 0 Å². The van der Waals surface area contributed by atoms with Crippen molar-refractivity contribution in [1.82, 2.24) is 19.7 Å². The SMILES string of the molecule is O=C(c1ccccn1)c1cc(Br)ccc1-n1c(CCl)nnc1-c1ccccc1. The van der Waals surface area contributed by atoms with E-state index >= 15 is 0 Å². The Morgan fingerprint density at radius 1 is 1.00 bits per heavy atom. The fourth-order valence-electron chi connectivity index (χ4n) is 2.95. The number of alkyl halides is 1. The van der Waals surface area contributed by atoms with Gasteiger partial charge < -0.3 is 0 Å². The summed E-state index contributed by atoms with van der Waals surface area (Å²) in [7, 11) is 0. The van der Waals surface area contributed by atoms with Gasteiger partial charge in [0, 0.05) is 21.8 Å². The third-order valence-corrected chi connectivity index (χ3v) is 4.96. The number of hydrogen-bond acceptors (Lipinski definition) is 4. The molecule has 0 aliphatic rings. The van der Waals surface area contributed by atoms with Crippen LogP contribution in [0.3, 0.4) is 0 Å². The van der Waals surface area contributed by atoms with E-state index in [0.29, 0.717) is 28.6 Å². The Bertz CT molecular complexity index is 1130. The first-order valence-corrected chi connectivity index (χ1v) is 9.83. The first-order valence-electron chi connectivity index (χ1n) is 8.50. The zero-order valence-corrected chi connectivity index (χ0v) is 16.9. The summed E-state index contributed by atoms with van der Waals surface area (Å²) in [6.45, 7) is 0. The van der Waals surface area contributed by atoms with Crippen LogP contribution in [0.25, 0.3) is 17.1 Å². The molecule has 4 aromatic rings. The molecule has 138 valence electrons. The van der Waals surface area contributed by atoms with Crippen LogP contribution in [0, 0.1) is 0 Å². The molecule has 0 spiro atoms. The van der Waals surface area contributed by atoms with E-state index in [0.717, 1.165) is 10.0 Å². The van der Waals surface area contributed by atoms with Crippen LogP contribution in [-0.2, 0) is 5.88 Å². The van der Waals surface area contributed by atoms with Gasteiger partial charge in [-0.1, -0.05) is 52.3 Å². The average Bonchev–Trinajstić information content (AvgIpc) is 3.18. The lowest BCUT2D eigenvalue weighted by molar-refractivity contribution is 0.103. The third kappa shape index (κ3) is 3.48. The molecule has 7 heteroatoms. The summed E-state index contributed by atoms with van der Waals surface area (Å²) in [4.78, 5) is 17.4. The van der Waals surface area contributed by atoms with E-state index in [4.69, 9.17) is 11.6 Å². The third-order valence-electron chi connectivity index (χ3n) is 4.22. The van der Waals surface area contributed by atoms with E-state index in [1.165, 1.54) is 0 Å². The van der Waals surface area contributed by atoms with Crippen molar-refractivity contribution in [2.24, 2.45) is 0 Å². The molecule has 0 saturated carbocycles. The number of hydrogen-bond donors (Lipinski definition) is 0. The highest BCUT2D eigenvalue weighted by molar-refractivity contribution is 9.10. The van der Waals surface area contributed by atoms with Crippen molar-refractivity contribution in [3.05, 3.63) is 94.5 Å². The Balaban J connectivity index is 1.94. The second kappa shape index (κ2) is 8.04. The molecule has 2 heterocycles. The smallest absolute Gasteiger partial charge is 0.213 e. The molecule has 0 N–H and O–H groups in total. The average molecular weight is 454 g/mol. The van der Waals surface area contributed by atoms with Gasteiger partial charge in [0.25, 0.3) is 0 Å². The van der Waals surface area contributed by atoms with Gasteiger partial charge in [0.2, 0.25) is 5.78 Å². The van der Waals surface area contributed by atoms with Gasteiger partial charge in [0.05, 0.1) is 11.6 Å². The molecule has 0 saturated heterocycles. The topological polar surface area (TPSA) is 60.7 Å². The fraction of sp³-hybridized carbons (Fsp3) is 0.0476. The van der Waals surface area contributed by atoms with Crippen LogP contribution in [0.4, 0.5) is 0 Å². The second-order valence-corrected chi connectivity index (χ2v) is 7.16. The standard InChI is InChI=1S/C21H14BrClN4O/c22-15-9-10-18(16(12-15)20(28)17-8-4-5-11-24-17)27-19(13-23)25-26-21(27)14-6-2-1-3-7-14/h1-12H,13H2. The van der Waals surface area contributed by atoms with Crippen LogP contribution in [-0.4, -0.2) is 25.5 Å². The molecule has 0 amide bonds. The number of benzene rings is 2. The second-order valence-electron chi connectivity index (χ2n) is 5.98. The molecule has 5 nitrogen and oxygen atoms in total. The lowest BCUT2D eigenvalue weighted by Crippen LogP contribution is -2.11. The first-order chi connectivity index (χ1) is 13.7. The number of pyridine rings is 1. The Hall–Kier alpha value is -2.83. The molecule has 2 aromatic carbocycles. The van der Waals surface area contributed by atoms with Gasteiger partial charge in [0.15, 0.2) is 11.6 Å². The van der Waals surface area contributed by atoms with Gasteiger partial charge in [-0.05, 0) is 30.3 Å². The molecule has 0 fully saturated rings. The zero-order chi connectivity index (χ0) is 19.5. The van der Waals surface area contributed by atoms with Crippen molar-refractivity contribution < 1.29 is 4.79 Å². The predicted molar refractivity (Wildman–Crippen MR) is 112 cm³/mol. The lowest BCUT2D eigenvalue weighted by atomic mass is 10.0. The normalized spacial score (nSPS) is 10.8. The molecule has 28 heavy (non-hydrogen) atoms. The number of carbonyl (C=O) groups is 1. The highest BCUT2D eigenvalue weighted by Gasteiger charge is 2.22. The molecule has 0 atom stereocenters. The minimum atomic E-state index is -0.190. The Morgan fingerprint density at radius 3 is 2.50 bits per heavy atom. The van der Waals surface area contributed by atoms with Crippen LogP contribution in [0.1, 0.15) is 21.9 Å². The largest absolute Gasteiger partial charge is 0.287 e. The number of ketones is 1. The van der Waals surface area contributed by atoms with E-state index < -0.39 is 0 Å². The quantitative estimate of drug-likeness (QED) is 0.313. The van der Waals surface area contributed by atoms with Gasteiger partial charge in [0.1, 0.15) is 5.69 Å². The highest BCUT2D eigenvalue weighted by Crippen LogP contribution is 2.28. The predicted octanol–water partition coefficient (Wildman–Crippen LogP) is 5.06. The number of carbonyl (C=O) groups excluding carboxylic acids is 1. The van der Waals surface area contributed by atoms with Crippen LogP contribution >= 0.6 is 27.5 Å². The van der Waals surface area contributed by atoms with Gasteiger partial charge in [-0.2, -0.15) is 0 Å². The fourth-order valence-corrected chi connectivity index (χ4v) is 3.48. The van der Waals surface area contributed by atoms with Crippen molar-refractivity contribution in [2.75, 3.05) is 0 Å². The molecule has 0 aliphatic heterocycles. The molecular formula is C21H14BrClN4O. The summed E-state index contributed by atoms with van der Waals surface area (Å²) >= 11 is 9.59. The minimum absolute atomic E-state index is 0.160. The van der Waals surface area contributed by atoms with Crippen LogP contribution in [0.2, 0.25) is 0 Å². The summed E-state index contributed by atoms with van der Waals surface area (Å²) in [5, 5.41) is 8.54. The van der Waals surface area contributed by atoms with Gasteiger partial charge in [-0.15, -0.1) is 21.8 Å². The molecule has 0 unspecified atom stereocenters. The summed E-state index contributed by atoms with van der Waals surface area (Å²) in [6.07, 6.45) is 1.60. The van der Waals surface area contributed by atoms with Gasteiger partial charge >= 0.3 is 0 Å². The van der Waals surface area contributed by atoms with Crippen LogP contribution < -0.4 is 0 Å². The van der Waals surface area contributed by atoms with E-state index in [-0.39, 0.29) is 11.7 Å². The molecule has 0 aliphatic carbocycles. The molecule has 0 radical (unpaired) electrons. The summed E-state index contributed by atoms with van der Waals surface area (Å²) in [5.41, 5.74) is 2.38. The van der Waals surface area contributed by atoms with Crippen molar-refractivity contribution >= 4 is 33.3 Å². The summed E-state index contributed by atoms with van der Waals surface area (Å²) < 4.78 is 2.61. The van der Waals surface area contributed by atoms with E-state index in [1.54, 1.807) is 30.5 Å². The highest BCUT2D eigenvalue weighted by atomic mass is 79.9. The monoisotopic (exact) mass is 452 g/mol. The minimum Gasteiger partial charge on any atom is -0.287 e. The van der Waals surface area contributed by atoms with E-state index in [1.807, 2.05) is 47.0 Å². The van der Waals surface area contributed by atoms with E-state index in [9.17, 15) is 4.79 Å². The Labute approximate surface area is 175 Å². The number of halogens is 2. The maximum absolute atomic E-state index is 13.2. The molecule has 0 bridgehead atoms. The number of rotatable bonds is 5. The van der Waals surface area contributed by atoms with Gasteiger partial charge in [-0.3, -0.25) is 14.3 Å². The first kappa shape index (κ1) is 18.5. The maximum Gasteiger partial charge on any atom is 0.213 e. The van der Waals surface area contributed by atoms with Crippen LogP contribution in [0.5, 0.6) is 0 Å². The molecular weight excluding hydrogens is 440 g/mol. The summed E-state index contributed by atoms with van der Waals surface area (Å²) in [5.74, 6) is 1.14. The number of nitrogens with zero attached hydrogens (tertiary/aromatic N) is 4. The maximum atomic E-state index is 13.2. The van der Waals surface area contributed by atoms with Crippen molar-refractivity contribution in [3.8, 4) is 17.1 Å². The van der Waals surface area contributed by atoms with Crippen LogP contribution in [0.15, 0.2) is 77.4 Å². The zero-order valence-electron chi connectivity index (χ0n) is 14.6. The van der Waals surface area contributed by atoms with E-state index in [2.05, 4.69) is 31.1 Å². The lowest BCUT2D eigenvalue weighted by Gasteiger charge is -2.14. The number of aromatic nitrogens is 4. The van der Waals surface area contributed by atoms with Crippen molar-refractivity contribution in [1.29, 1.82) is 0 Å². The van der Waals surface area contributed by atoms with Crippen molar-refractivity contribution in [2.45, 2.75) is 5.88 Å². The summed E-state index contributed by atoms with van der Waals surface area (Å²) in [6, 6.07) is 20.4. The molecule has 4 rings (SSSR count).